The Bertz CT molecular complexity index is 3160. The Morgan fingerprint density at radius 3 is 1.33 bits per heavy atom. The molecule has 1 nitrogen and oxygen atoms in total. The predicted octanol–water partition coefficient (Wildman–Crippen LogP) is 15.3. The highest BCUT2D eigenvalue weighted by atomic mass is 15.1. The van der Waals surface area contributed by atoms with Crippen LogP contribution in [0.4, 0.5) is 17.1 Å². The Balaban J connectivity index is 1.13. The second-order valence-electron chi connectivity index (χ2n) is 18.1. The van der Waals surface area contributed by atoms with Crippen LogP contribution >= 0.6 is 0 Å². The van der Waals surface area contributed by atoms with E-state index in [4.69, 9.17) is 0 Å². The van der Waals surface area contributed by atoms with Crippen LogP contribution in [0.2, 0.25) is 0 Å². The quantitative estimate of drug-likeness (QED) is 0.169. The monoisotopic (exact) mass is 767 g/mol. The molecule has 12 rings (SSSR count). The average molecular weight is 768 g/mol. The minimum Gasteiger partial charge on any atom is -0.310 e. The largest absolute Gasteiger partial charge is 0.310 e. The van der Waals surface area contributed by atoms with Crippen molar-refractivity contribution in [1.82, 2.24) is 0 Å². The summed E-state index contributed by atoms with van der Waals surface area (Å²) in [6.07, 6.45) is 0. The first-order valence-corrected chi connectivity index (χ1v) is 21.3. The average Bonchev–Trinajstić information content (AvgIpc) is 3.80. The van der Waals surface area contributed by atoms with E-state index in [1.54, 1.807) is 0 Å². The molecule has 60 heavy (non-hydrogen) atoms. The Kier molecular flexibility index (Phi) is 7.31. The van der Waals surface area contributed by atoms with Crippen molar-refractivity contribution in [2.24, 2.45) is 0 Å². The fourth-order valence-corrected chi connectivity index (χ4v) is 11.4. The van der Waals surface area contributed by atoms with Crippen molar-refractivity contribution in [3.05, 3.63) is 245 Å². The standard InChI is InChI=1S/C59H45N/c1-57(2)51-25-15-13-24-46(51)49-35-42(28-31-52(49)57)60(43-29-32-53-50(36-43)48-33-38-17-11-12-18-39(38)34-55(48)58(53,3)4)44-27-30-47-45-23-14-16-26-54(45)59(56(47)37-44,40-19-7-5-8-20-40)41-21-9-6-10-22-41/h5-37H,1-4H3. The topological polar surface area (TPSA) is 3.24 Å². The van der Waals surface area contributed by atoms with Crippen LogP contribution in [0.3, 0.4) is 0 Å². The van der Waals surface area contributed by atoms with E-state index < -0.39 is 5.41 Å². The molecule has 3 aliphatic rings. The highest BCUT2D eigenvalue weighted by Crippen LogP contribution is 2.58. The molecule has 0 radical (unpaired) electrons. The van der Waals surface area contributed by atoms with E-state index in [0.29, 0.717) is 0 Å². The summed E-state index contributed by atoms with van der Waals surface area (Å²) < 4.78 is 0. The van der Waals surface area contributed by atoms with E-state index in [-0.39, 0.29) is 10.8 Å². The summed E-state index contributed by atoms with van der Waals surface area (Å²) >= 11 is 0. The Hall–Kier alpha value is -6.96. The van der Waals surface area contributed by atoms with Crippen molar-refractivity contribution < 1.29 is 0 Å². The highest BCUT2D eigenvalue weighted by molar-refractivity contribution is 5.96. The molecule has 9 aromatic carbocycles. The first-order valence-electron chi connectivity index (χ1n) is 21.3. The highest BCUT2D eigenvalue weighted by Gasteiger charge is 2.46. The Labute approximate surface area is 353 Å². The van der Waals surface area contributed by atoms with Gasteiger partial charge in [-0.1, -0.05) is 179 Å². The van der Waals surface area contributed by atoms with Gasteiger partial charge in [-0.2, -0.15) is 0 Å². The lowest BCUT2D eigenvalue weighted by Gasteiger charge is -2.35. The van der Waals surface area contributed by atoms with E-state index in [1.807, 2.05) is 0 Å². The number of rotatable bonds is 5. The maximum Gasteiger partial charge on any atom is 0.0714 e. The van der Waals surface area contributed by atoms with Gasteiger partial charge in [0.15, 0.2) is 0 Å². The molecule has 0 saturated heterocycles. The molecular formula is C59H45N. The number of hydrogen-bond donors (Lipinski definition) is 0. The normalized spacial score (nSPS) is 15.4. The van der Waals surface area contributed by atoms with Crippen LogP contribution in [0, 0.1) is 0 Å². The summed E-state index contributed by atoms with van der Waals surface area (Å²) in [6, 6.07) is 75.6. The van der Waals surface area contributed by atoms with Gasteiger partial charge in [0.2, 0.25) is 0 Å². The van der Waals surface area contributed by atoms with Crippen molar-refractivity contribution >= 4 is 27.8 Å². The number of benzene rings is 9. The second-order valence-corrected chi connectivity index (χ2v) is 18.1. The van der Waals surface area contributed by atoms with Gasteiger partial charge in [0.25, 0.3) is 0 Å². The summed E-state index contributed by atoms with van der Waals surface area (Å²) in [7, 11) is 0. The lowest BCUT2D eigenvalue weighted by Crippen LogP contribution is -2.28. The second kappa shape index (κ2) is 12.5. The van der Waals surface area contributed by atoms with E-state index in [9.17, 15) is 0 Å². The van der Waals surface area contributed by atoms with Crippen molar-refractivity contribution in [2.75, 3.05) is 4.90 Å². The van der Waals surface area contributed by atoms with E-state index in [0.717, 1.165) is 17.1 Å². The smallest absolute Gasteiger partial charge is 0.0714 e. The minimum atomic E-state index is -0.501. The zero-order valence-electron chi connectivity index (χ0n) is 34.5. The zero-order valence-corrected chi connectivity index (χ0v) is 34.5. The summed E-state index contributed by atoms with van der Waals surface area (Å²) in [5, 5.41) is 2.57. The van der Waals surface area contributed by atoms with Crippen LogP contribution < -0.4 is 4.90 Å². The van der Waals surface area contributed by atoms with Crippen molar-refractivity contribution in [3.8, 4) is 33.4 Å². The fourth-order valence-electron chi connectivity index (χ4n) is 11.4. The van der Waals surface area contributed by atoms with E-state index in [2.05, 4.69) is 233 Å². The molecule has 286 valence electrons. The third-order valence-electron chi connectivity index (χ3n) is 14.3. The van der Waals surface area contributed by atoms with Gasteiger partial charge < -0.3 is 4.90 Å². The first-order chi connectivity index (χ1) is 29.3. The number of fused-ring (bicyclic) bond motifs is 10. The van der Waals surface area contributed by atoms with Gasteiger partial charge >= 0.3 is 0 Å². The predicted molar refractivity (Wildman–Crippen MR) is 251 cm³/mol. The molecule has 0 aliphatic heterocycles. The molecule has 0 aromatic heterocycles. The molecule has 0 bridgehead atoms. The third kappa shape index (κ3) is 4.69. The molecule has 0 N–H and O–H groups in total. The molecular weight excluding hydrogens is 723 g/mol. The molecule has 0 fully saturated rings. The molecule has 0 spiro atoms. The number of nitrogens with zero attached hydrogens (tertiary/aromatic N) is 1. The van der Waals surface area contributed by atoms with Gasteiger partial charge in [0, 0.05) is 27.9 Å². The van der Waals surface area contributed by atoms with Crippen LogP contribution in [0.15, 0.2) is 200 Å². The Morgan fingerprint density at radius 1 is 0.283 bits per heavy atom. The van der Waals surface area contributed by atoms with Gasteiger partial charge in [-0.05, 0) is 137 Å². The van der Waals surface area contributed by atoms with Crippen LogP contribution in [-0.2, 0) is 16.2 Å². The van der Waals surface area contributed by atoms with Gasteiger partial charge in [0.1, 0.15) is 0 Å². The minimum absolute atomic E-state index is 0.0781. The van der Waals surface area contributed by atoms with Gasteiger partial charge in [-0.25, -0.2) is 0 Å². The first kappa shape index (κ1) is 35.0. The summed E-state index contributed by atoms with van der Waals surface area (Å²) in [5.41, 5.74) is 21.3. The summed E-state index contributed by atoms with van der Waals surface area (Å²) in [6.45, 7) is 9.50. The molecule has 1 heteroatoms. The van der Waals surface area contributed by atoms with E-state index >= 15 is 0 Å². The molecule has 9 aromatic rings. The van der Waals surface area contributed by atoms with Crippen molar-refractivity contribution in [1.29, 1.82) is 0 Å². The van der Waals surface area contributed by atoms with Gasteiger partial charge in [-0.3, -0.25) is 0 Å². The van der Waals surface area contributed by atoms with Gasteiger partial charge in [0.05, 0.1) is 5.41 Å². The zero-order chi connectivity index (χ0) is 40.4. The van der Waals surface area contributed by atoms with E-state index in [1.165, 1.54) is 88.7 Å². The Morgan fingerprint density at radius 2 is 0.700 bits per heavy atom. The molecule has 0 atom stereocenters. The fraction of sp³-hybridized carbons (Fsp3) is 0.119. The number of anilines is 3. The number of hydrogen-bond acceptors (Lipinski definition) is 1. The van der Waals surface area contributed by atoms with Crippen LogP contribution in [0.5, 0.6) is 0 Å². The van der Waals surface area contributed by atoms with Crippen molar-refractivity contribution in [3.63, 3.8) is 0 Å². The third-order valence-corrected chi connectivity index (χ3v) is 14.3. The molecule has 0 heterocycles. The maximum absolute atomic E-state index is 2.52. The van der Waals surface area contributed by atoms with Gasteiger partial charge in [-0.15, -0.1) is 0 Å². The maximum atomic E-state index is 2.52. The molecule has 3 aliphatic carbocycles. The van der Waals surface area contributed by atoms with Crippen molar-refractivity contribution in [2.45, 2.75) is 43.9 Å². The SMILES string of the molecule is CC1(C)c2ccccc2-c2cc(N(c3ccc4c(c3)-c3cc5ccccc5cc3C4(C)C)c3ccc4c(c3)C(c3ccccc3)(c3ccccc3)c3ccccc3-4)ccc21. The van der Waals surface area contributed by atoms with Crippen LogP contribution in [0.25, 0.3) is 44.2 Å². The lowest BCUT2D eigenvalue weighted by molar-refractivity contribution is 0.660. The summed E-state index contributed by atoms with van der Waals surface area (Å²) in [4.78, 5) is 2.52. The molecule has 0 saturated carbocycles. The van der Waals surface area contributed by atoms with Crippen LogP contribution in [0.1, 0.15) is 72.2 Å². The summed E-state index contributed by atoms with van der Waals surface area (Å²) in [5.74, 6) is 0. The molecule has 0 amide bonds. The van der Waals surface area contributed by atoms with Crippen LogP contribution in [-0.4, -0.2) is 0 Å². The molecule has 0 unspecified atom stereocenters. The lowest BCUT2D eigenvalue weighted by atomic mass is 9.67.